The molecule has 25 heavy (non-hydrogen) atoms. The molecular formula is C19H20N2O4. The molecule has 2 aliphatic heterocycles. The van der Waals surface area contributed by atoms with Crippen molar-refractivity contribution in [1.29, 1.82) is 0 Å². The van der Waals surface area contributed by atoms with Gasteiger partial charge in [0.25, 0.3) is 5.91 Å². The molecule has 0 unspecified atom stereocenters. The summed E-state index contributed by atoms with van der Waals surface area (Å²) in [5.41, 5.74) is 2.20. The lowest BCUT2D eigenvalue weighted by atomic mass is 9.81. The van der Waals surface area contributed by atoms with Crippen molar-refractivity contribution in [3.63, 3.8) is 0 Å². The Balaban J connectivity index is 1.69. The van der Waals surface area contributed by atoms with E-state index in [1.807, 2.05) is 38.1 Å². The number of carbonyl (C=O) groups excluding carboxylic acids is 1. The molecule has 2 aromatic rings. The van der Waals surface area contributed by atoms with E-state index >= 15 is 0 Å². The van der Waals surface area contributed by atoms with E-state index in [0.29, 0.717) is 24.4 Å². The lowest BCUT2D eigenvalue weighted by Crippen LogP contribution is -2.40. The van der Waals surface area contributed by atoms with Gasteiger partial charge in [0.1, 0.15) is 5.41 Å². The van der Waals surface area contributed by atoms with Crippen molar-refractivity contribution in [2.24, 2.45) is 11.3 Å². The van der Waals surface area contributed by atoms with Crippen LogP contribution in [0.25, 0.3) is 10.9 Å². The summed E-state index contributed by atoms with van der Waals surface area (Å²) in [5, 5.41) is 10.6. The minimum Gasteiger partial charge on any atom is -0.481 e. The van der Waals surface area contributed by atoms with Gasteiger partial charge in [0.2, 0.25) is 0 Å². The molecule has 0 radical (unpaired) electrons. The quantitative estimate of drug-likeness (QED) is 0.905. The third kappa shape index (κ3) is 2.32. The molecule has 2 aliphatic rings. The Morgan fingerprint density at radius 1 is 1.36 bits per heavy atom. The molecule has 0 bridgehead atoms. The molecule has 1 aromatic carbocycles. The van der Waals surface area contributed by atoms with Crippen molar-refractivity contribution in [2.45, 2.75) is 13.8 Å². The highest BCUT2D eigenvalue weighted by molar-refractivity contribution is 5.99. The van der Waals surface area contributed by atoms with Gasteiger partial charge in [-0.15, -0.1) is 0 Å². The summed E-state index contributed by atoms with van der Waals surface area (Å²) in [6, 6.07) is 7.75. The van der Waals surface area contributed by atoms with E-state index in [0.717, 1.165) is 16.5 Å². The molecule has 0 saturated carbocycles. The highest BCUT2D eigenvalue weighted by Crippen LogP contribution is 2.42. The maximum absolute atomic E-state index is 13.0. The first kappa shape index (κ1) is 16.0. The number of carboxylic acids is 1. The summed E-state index contributed by atoms with van der Waals surface area (Å²) >= 11 is 0. The highest BCUT2D eigenvalue weighted by atomic mass is 16.5. The fraction of sp³-hybridized carbons (Fsp3) is 0.421. The van der Waals surface area contributed by atoms with Crippen LogP contribution in [0.5, 0.6) is 0 Å². The van der Waals surface area contributed by atoms with E-state index in [9.17, 15) is 14.7 Å². The van der Waals surface area contributed by atoms with Crippen LogP contribution >= 0.6 is 0 Å². The first-order valence-electron chi connectivity index (χ1n) is 8.40. The van der Waals surface area contributed by atoms with E-state index in [4.69, 9.17) is 4.74 Å². The fourth-order valence-corrected chi connectivity index (χ4v) is 4.02. The molecule has 2 fully saturated rings. The SMILES string of the molecule is Cc1nc2c(C)cccc2cc1C(=O)N1C[C@@H]2COC[C@]2(C(=O)O)C1. The van der Waals surface area contributed by atoms with Gasteiger partial charge in [0, 0.05) is 24.4 Å². The molecule has 1 amide bonds. The Morgan fingerprint density at radius 2 is 2.16 bits per heavy atom. The van der Waals surface area contributed by atoms with Crippen LogP contribution in [0, 0.1) is 25.2 Å². The summed E-state index contributed by atoms with van der Waals surface area (Å²) in [5.74, 6) is -1.18. The Labute approximate surface area is 145 Å². The Morgan fingerprint density at radius 3 is 2.88 bits per heavy atom. The van der Waals surface area contributed by atoms with E-state index in [2.05, 4.69) is 4.98 Å². The predicted molar refractivity (Wildman–Crippen MR) is 91.5 cm³/mol. The third-order valence-electron chi connectivity index (χ3n) is 5.56. The number of fused-ring (bicyclic) bond motifs is 2. The van der Waals surface area contributed by atoms with Gasteiger partial charge in [0.15, 0.2) is 0 Å². The van der Waals surface area contributed by atoms with Gasteiger partial charge in [-0.1, -0.05) is 18.2 Å². The molecule has 1 aromatic heterocycles. The van der Waals surface area contributed by atoms with Crippen LogP contribution in [-0.4, -0.2) is 53.2 Å². The smallest absolute Gasteiger partial charge is 0.314 e. The number of likely N-dealkylation sites (tertiary alicyclic amines) is 1. The average Bonchev–Trinajstić information content (AvgIpc) is 3.13. The third-order valence-corrected chi connectivity index (χ3v) is 5.56. The monoisotopic (exact) mass is 340 g/mol. The van der Waals surface area contributed by atoms with Gasteiger partial charge in [0.05, 0.1) is 30.0 Å². The van der Waals surface area contributed by atoms with Crippen LogP contribution in [0.2, 0.25) is 0 Å². The Bertz CT molecular complexity index is 894. The number of carbonyl (C=O) groups is 2. The summed E-state index contributed by atoms with van der Waals surface area (Å²) in [4.78, 5) is 31.1. The molecule has 130 valence electrons. The van der Waals surface area contributed by atoms with Gasteiger partial charge < -0.3 is 14.7 Å². The van der Waals surface area contributed by atoms with Crippen LogP contribution in [0.15, 0.2) is 24.3 Å². The molecule has 0 spiro atoms. The Hall–Kier alpha value is -2.47. The maximum atomic E-state index is 13.0. The zero-order chi connectivity index (χ0) is 17.8. The molecule has 1 N–H and O–H groups in total. The second-order valence-electron chi connectivity index (χ2n) is 7.13. The molecule has 4 rings (SSSR count). The van der Waals surface area contributed by atoms with Crippen molar-refractivity contribution < 1.29 is 19.4 Å². The number of amides is 1. The van der Waals surface area contributed by atoms with E-state index in [1.165, 1.54) is 0 Å². The van der Waals surface area contributed by atoms with Crippen LogP contribution in [0.1, 0.15) is 21.6 Å². The van der Waals surface area contributed by atoms with Crippen LogP contribution in [-0.2, 0) is 9.53 Å². The van der Waals surface area contributed by atoms with Gasteiger partial charge in [-0.2, -0.15) is 0 Å². The number of ether oxygens (including phenoxy) is 1. The topological polar surface area (TPSA) is 79.7 Å². The number of rotatable bonds is 2. The predicted octanol–water partition coefficient (Wildman–Crippen LogP) is 2.02. The lowest BCUT2D eigenvalue weighted by Gasteiger charge is -2.22. The minimum atomic E-state index is -0.968. The zero-order valence-corrected chi connectivity index (χ0v) is 14.3. The number of hydrogen-bond acceptors (Lipinski definition) is 4. The summed E-state index contributed by atoms with van der Waals surface area (Å²) < 4.78 is 5.37. The van der Waals surface area contributed by atoms with E-state index in [-0.39, 0.29) is 25.0 Å². The normalized spacial score (nSPS) is 25.4. The van der Waals surface area contributed by atoms with Gasteiger partial charge in [-0.25, -0.2) is 0 Å². The summed E-state index contributed by atoms with van der Waals surface area (Å²) in [7, 11) is 0. The molecule has 6 heteroatoms. The largest absolute Gasteiger partial charge is 0.481 e. The molecule has 2 atom stereocenters. The number of nitrogens with zero attached hydrogens (tertiary/aromatic N) is 2. The average molecular weight is 340 g/mol. The lowest BCUT2D eigenvalue weighted by molar-refractivity contribution is -0.149. The first-order valence-corrected chi connectivity index (χ1v) is 8.40. The zero-order valence-electron chi connectivity index (χ0n) is 14.3. The minimum absolute atomic E-state index is 0.148. The van der Waals surface area contributed by atoms with Crippen molar-refractivity contribution in [1.82, 2.24) is 9.88 Å². The van der Waals surface area contributed by atoms with Gasteiger partial charge >= 0.3 is 5.97 Å². The number of carboxylic acid groups (broad SMARTS) is 1. The fourth-order valence-electron chi connectivity index (χ4n) is 4.02. The van der Waals surface area contributed by atoms with Crippen LogP contribution < -0.4 is 0 Å². The summed E-state index contributed by atoms with van der Waals surface area (Å²) in [6.45, 7) is 4.99. The number of hydrogen-bond donors (Lipinski definition) is 1. The van der Waals surface area contributed by atoms with Crippen molar-refractivity contribution >= 4 is 22.8 Å². The first-order chi connectivity index (χ1) is 11.9. The molecule has 6 nitrogen and oxygen atoms in total. The second kappa shape index (κ2) is 5.52. The Kier molecular flexibility index (Phi) is 3.54. The second-order valence-corrected chi connectivity index (χ2v) is 7.13. The van der Waals surface area contributed by atoms with Gasteiger partial charge in [-0.3, -0.25) is 14.6 Å². The standard InChI is InChI=1S/C19H20N2O4/c1-11-4-3-5-13-6-15(12(2)20-16(11)13)17(22)21-7-14-8-25-10-19(14,9-21)18(23)24/h3-6,14H,7-10H2,1-2H3,(H,23,24)/t14-,19-/m1/s1. The number of para-hydroxylation sites is 1. The molecule has 0 aliphatic carbocycles. The molecule has 2 saturated heterocycles. The molecular weight excluding hydrogens is 320 g/mol. The van der Waals surface area contributed by atoms with Crippen molar-refractivity contribution in [3.05, 3.63) is 41.1 Å². The number of benzene rings is 1. The van der Waals surface area contributed by atoms with E-state index in [1.54, 1.807) is 4.90 Å². The van der Waals surface area contributed by atoms with Crippen molar-refractivity contribution in [3.8, 4) is 0 Å². The van der Waals surface area contributed by atoms with Gasteiger partial charge in [-0.05, 0) is 25.5 Å². The number of aliphatic carboxylic acids is 1. The molecule has 3 heterocycles. The van der Waals surface area contributed by atoms with E-state index < -0.39 is 11.4 Å². The number of aromatic nitrogens is 1. The maximum Gasteiger partial charge on any atom is 0.314 e. The number of pyridine rings is 1. The number of aryl methyl sites for hydroxylation is 2. The van der Waals surface area contributed by atoms with Crippen LogP contribution in [0.3, 0.4) is 0 Å². The van der Waals surface area contributed by atoms with Crippen LogP contribution in [0.4, 0.5) is 0 Å². The van der Waals surface area contributed by atoms with Crippen molar-refractivity contribution in [2.75, 3.05) is 26.3 Å². The summed E-state index contributed by atoms with van der Waals surface area (Å²) in [6.07, 6.45) is 0. The highest BCUT2D eigenvalue weighted by Gasteiger charge is 2.57.